The van der Waals surface area contributed by atoms with Crippen LogP contribution in [0, 0.1) is 17.3 Å². The fourth-order valence-electron chi connectivity index (χ4n) is 3.71. The number of rotatable bonds is 1. The summed E-state index contributed by atoms with van der Waals surface area (Å²) in [5.74, 6) is 8.76. The van der Waals surface area contributed by atoms with Gasteiger partial charge >= 0.3 is 0 Å². The Kier molecular flexibility index (Phi) is 4.71. The molecule has 0 N–H and O–H groups in total. The number of anilines is 2. The lowest BCUT2D eigenvalue weighted by atomic mass is 9.97. The molecule has 156 valence electrons. The average Bonchev–Trinajstić information content (AvgIpc) is 3.10. The van der Waals surface area contributed by atoms with Gasteiger partial charge in [0.2, 0.25) is 0 Å². The summed E-state index contributed by atoms with van der Waals surface area (Å²) in [5, 5.41) is 9.84. The highest BCUT2D eigenvalue weighted by atomic mass is 35.5. The maximum absolute atomic E-state index is 6.30. The van der Waals surface area contributed by atoms with Gasteiger partial charge in [0.25, 0.3) is 5.78 Å². The van der Waals surface area contributed by atoms with E-state index in [9.17, 15) is 0 Å². The third kappa shape index (κ3) is 3.66. The molecule has 2 aromatic heterocycles. The maximum atomic E-state index is 6.30. The van der Waals surface area contributed by atoms with Crippen molar-refractivity contribution in [2.75, 3.05) is 18.1 Å². The number of hydrogen-bond acceptors (Lipinski definition) is 5. The number of fused-ring (bicyclic) bond motifs is 4. The van der Waals surface area contributed by atoms with Gasteiger partial charge in [-0.2, -0.15) is 4.98 Å². The van der Waals surface area contributed by atoms with Gasteiger partial charge in [-0.05, 0) is 57.5 Å². The lowest BCUT2D eigenvalue weighted by Gasteiger charge is -2.25. The van der Waals surface area contributed by atoms with Crippen LogP contribution >= 0.6 is 11.6 Å². The van der Waals surface area contributed by atoms with Gasteiger partial charge in [-0.1, -0.05) is 29.5 Å². The Hall–Kier alpha value is -3.30. The molecule has 0 atom stereocenters. The Morgan fingerprint density at radius 2 is 2.03 bits per heavy atom. The van der Waals surface area contributed by atoms with Crippen molar-refractivity contribution >= 4 is 39.8 Å². The molecule has 0 spiro atoms. The van der Waals surface area contributed by atoms with E-state index in [1.807, 2.05) is 34.7 Å². The first kappa shape index (κ1) is 19.7. The molecular weight excluding hydrogens is 410 g/mol. The Balaban J connectivity index is 1.74. The Bertz CT molecular complexity index is 1360. The van der Waals surface area contributed by atoms with Crippen molar-refractivity contribution < 1.29 is 4.74 Å². The predicted octanol–water partition coefficient (Wildman–Crippen LogP) is 5.25. The van der Waals surface area contributed by atoms with Crippen LogP contribution in [0.3, 0.4) is 0 Å². The number of hydrogen-bond donors (Lipinski definition) is 0. The summed E-state index contributed by atoms with van der Waals surface area (Å²) < 4.78 is 8.03. The van der Waals surface area contributed by atoms with Crippen LogP contribution in [0.2, 0.25) is 5.02 Å². The smallest absolute Gasteiger partial charge is 0.257 e. The van der Waals surface area contributed by atoms with Crippen molar-refractivity contribution in [3.63, 3.8) is 0 Å². The van der Waals surface area contributed by atoms with Crippen molar-refractivity contribution in [2.24, 2.45) is 5.41 Å². The molecule has 0 radical (unpaired) electrons. The van der Waals surface area contributed by atoms with Crippen LogP contribution in [0.15, 0.2) is 42.7 Å². The van der Waals surface area contributed by atoms with Crippen molar-refractivity contribution in [1.82, 2.24) is 19.6 Å². The number of ether oxygens (including phenoxy) is 1. The standard InChI is InChI=1S/C24H22ClN5O/c1-24(2,3)11-10-16-6-4-7-19-21(16)31-13-5-12-29(19)22-18-9-8-17(25)14-20(18)30-15-26-28-23(30)27-22/h4,6-9,14-15H,5,12-13H2,1-3H3. The van der Waals surface area contributed by atoms with Crippen molar-refractivity contribution in [3.8, 4) is 17.6 Å². The lowest BCUT2D eigenvalue weighted by molar-refractivity contribution is 0.322. The first-order valence-electron chi connectivity index (χ1n) is 10.3. The molecule has 7 heteroatoms. The SMILES string of the molecule is CC(C)(C)C#Cc1cccc2c1OCCCN2c1nc2nncn2c2cc(Cl)ccc12. The van der Waals surface area contributed by atoms with Gasteiger partial charge in [0.1, 0.15) is 12.1 Å². The van der Waals surface area contributed by atoms with Crippen LogP contribution in [0.4, 0.5) is 11.5 Å². The summed E-state index contributed by atoms with van der Waals surface area (Å²) in [7, 11) is 0. The molecule has 0 aliphatic carbocycles. The number of halogens is 1. The zero-order valence-electron chi connectivity index (χ0n) is 17.7. The second-order valence-electron chi connectivity index (χ2n) is 8.61. The molecular formula is C24H22ClN5O. The zero-order chi connectivity index (χ0) is 21.6. The minimum Gasteiger partial charge on any atom is -0.490 e. The van der Waals surface area contributed by atoms with Crippen LogP contribution in [-0.4, -0.2) is 32.7 Å². The summed E-state index contributed by atoms with van der Waals surface area (Å²) in [5.41, 5.74) is 2.65. The molecule has 0 saturated heterocycles. The van der Waals surface area contributed by atoms with E-state index in [1.165, 1.54) is 0 Å². The van der Waals surface area contributed by atoms with Crippen molar-refractivity contribution in [1.29, 1.82) is 0 Å². The normalized spacial score (nSPS) is 14.0. The molecule has 1 aliphatic rings. The molecule has 6 nitrogen and oxygen atoms in total. The fraction of sp³-hybridized carbons (Fsp3) is 0.292. The van der Waals surface area contributed by atoms with E-state index < -0.39 is 0 Å². The second kappa shape index (κ2) is 7.44. The van der Waals surface area contributed by atoms with Crippen LogP contribution in [0.5, 0.6) is 5.75 Å². The summed E-state index contributed by atoms with van der Waals surface area (Å²) in [6.07, 6.45) is 2.51. The van der Waals surface area contributed by atoms with E-state index in [0.717, 1.165) is 46.7 Å². The van der Waals surface area contributed by atoms with Crippen LogP contribution < -0.4 is 9.64 Å². The van der Waals surface area contributed by atoms with Gasteiger partial charge in [0.15, 0.2) is 5.75 Å². The van der Waals surface area contributed by atoms with Gasteiger partial charge in [-0.3, -0.25) is 4.40 Å². The van der Waals surface area contributed by atoms with Gasteiger partial charge in [-0.25, -0.2) is 0 Å². The highest BCUT2D eigenvalue weighted by Crippen LogP contribution is 2.40. The molecule has 2 aromatic carbocycles. The molecule has 0 fully saturated rings. The molecule has 0 unspecified atom stereocenters. The molecule has 1 aliphatic heterocycles. The lowest BCUT2D eigenvalue weighted by Crippen LogP contribution is -2.20. The molecule has 31 heavy (non-hydrogen) atoms. The highest BCUT2D eigenvalue weighted by Gasteiger charge is 2.24. The van der Waals surface area contributed by atoms with Gasteiger partial charge in [0, 0.05) is 22.4 Å². The Labute approximate surface area is 185 Å². The minimum atomic E-state index is -0.0944. The van der Waals surface area contributed by atoms with Crippen LogP contribution in [-0.2, 0) is 0 Å². The summed E-state index contributed by atoms with van der Waals surface area (Å²) in [6.45, 7) is 7.68. The van der Waals surface area contributed by atoms with E-state index >= 15 is 0 Å². The molecule has 0 saturated carbocycles. The largest absolute Gasteiger partial charge is 0.490 e. The number of para-hydroxylation sites is 1. The van der Waals surface area contributed by atoms with Gasteiger partial charge in [-0.15, -0.1) is 10.2 Å². The monoisotopic (exact) mass is 431 g/mol. The van der Waals surface area contributed by atoms with E-state index in [0.29, 0.717) is 17.4 Å². The van der Waals surface area contributed by atoms with E-state index in [4.69, 9.17) is 21.3 Å². The van der Waals surface area contributed by atoms with Crippen molar-refractivity contribution in [2.45, 2.75) is 27.2 Å². The molecule has 0 bridgehead atoms. The van der Waals surface area contributed by atoms with Crippen LogP contribution in [0.25, 0.3) is 16.7 Å². The minimum absolute atomic E-state index is 0.0944. The Morgan fingerprint density at radius 1 is 1.16 bits per heavy atom. The Morgan fingerprint density at radius 3 is 2.87 bits per heavy atom. The first-order valence-corrected chi connectivity index (χ1v) is 10.6. The predicted molar refractivity (Wildman–Crippen MR) is 123 cm³/mol. The quantitative estimate of drug-likeness (QED) is 0.385. The number of benzene rings is 2. The topological polar surface area (TPSA) is 55.5 Å². The third-order valence-electron chi connectivity index (χ3n) is 5.08. The van der Waals surface area contributed by atoms with E-state index in [1.54, 1.807) is 6.33 Å². The molecule has 3 heterocycles. The summed E-state index contributed by atoms with van der Waals surface area (Å²) in [4.78, 5) is 7.04. The number of aromatic nitrogens is 4. The van der Waals surface area contributed by atoms with Gasteiger partial charge < -0.3 is 9.64 Å². The molecule has 0 amide bonds. The number of nitrogens with zero attached hydrogens (tertiary/aromatic N) is 5. The zero-order valence-corrected chi connectivity index (χ0v) is 18.4. The fourth-order valence-corrected chi connectivity index (χ4v) is 3.88. The molecule has 5 rings (SSSR count). The summed E-state index contributed by atoms with van der Waals surface area (Å²) in [6, 6.07) is 11.9. The van der Waals surface area contributed by atoms with Gasteiger partial charge in [0.05, 0.1) is 23.4 Å². The van der Waals surface area contributed by atoms with E-state index in [-0.39, 0.29) is 5.41 Å². The summed E-state index contributed by atoms with van der Waals surface area (Å²) >= 11 is 6.30. The first-order chi connectivity index (χ1) is 14.9. The average molecular weight is 432 g/mol. The van der Waals surface area contributed by atoms with Crippen LogP contribution in [0.1, 0.15) is 32.8 Å². The van der Waals surface area contributed by atoms with Crippen molar-refractivity contribution in [3.05, 3.63) is 53.3 Å². The third-order valence-corrected chi connectivity index (χ3v) is 5.32. The highest BCUT2D eigenvalue weighted by molar-refractivity contribution is 6.31. The second-order valence-corrected chi connectivity index (χ2v) is 9.04. The maximum Gasteiger partial charge on any atom is 0.257 e. The molecule has 4 aromatic rings. The van der Waals surface area contributed by atoms with E-state index in [2.05, 4.69) is 53.8 Å².